The molecular weight excluding hydrogens is 195 g/mol. The standard InChI is InChI=1S/C11H15FN2O/c1-2-11(15)5-6-14(8-11)10-4-3-9(12)7-13-10/h3-4,7,15H,2,5-6,8H2,1H3/t11-/m0/s1. The van der Waals surface area contributed by atoms with Crippen LogP contribution in [0.4, 0.5) is 10.2 Å². The molecular formula is C11H15FN2O. The van der Waals surface area contributed by atoms with Crippen molar-refractivity contribution < 1.29 is 9.50 Å². The van der Waals surface area contributed by atoms with Crippen LogP contribution in [0.15, 0.2) is 18.3 Å². The molecule has 0 radical (unpaired) electrons. The highest BCUT2D eigenvalue weighted by atomic mass is 19.1. The Labute approximate surface area is 88.6 Å². The zero-order valence-corrected chi connectivity index (χ0v) is 8.78. The Morgan fingerprint density at radius 1 is 1.60 bits per heavy atom. The highest BCUT2D eigenvalue weighted by Gasteiger charge is 2.34. The average Bonchev–Trinajstić information content (AvgIpc) is 2.63. The second-order valence-electron chi connectivity index (χ2n) is 4.08. The van der Waals surface area contributed by atoms with Crippen LogP contribution in [-0.2, 0) is 0 Å². The Kier molecular flexibility index (Phi) is 2.61. The Balaban J connectivity index is 2.11. The van der Waals surface area contributed by atoms with Crippen LogP contribution in [0.3, 0.4) is 0 Å². The molecule has 0 aliphatic carbocycles. The summed E-state index contributed by atoms with van der Waals surface area (Å²) in [5.74, 6) is 0.407. The maximum atomic E-state index is 12.7. The first-order valence-corrected chi connectivity index (χ1v) is 5.22. The first kappa shape index (κ1) is 10.4. The van der Waals surface area contributed by atoms with Crippen LogP contribution in [0.2, 0.25) is 0 Å². The molecule has 0 bridgehead atoms. The van der Waals surface area contributed by atoms with Crippen LogP contribution in [0.5, 0.6) is 0 Å². The molecule has 4 heteroatoms. The first-order chi connectivity index (χ1) is 7.13. The molecule has 0 aromatic carbocycles. The summed E-state index contributed by atoms with van der Waals surface area (Å²) in [5.41, 5.74) is -0.601. The van der Waals surface area contributed by atoms with E-state index in [9.17, 15) is 9.50 Å². The van der Waals surface area contributed by atoms with Gasteiger partial charge < -0.3 is 10.0 Å². The number of pyridine rings is 1. The van der Waals surface area contributed by atoms with Gasteiger partial charge in [-0.2, -0.15) is 0 Å². The zero-order valence-electron chi connectivity index (χ0n) is 8.78. The van der Waals surface area contributed by atoms with Crippen molar-refractivity contribution in [1.82, 2.24) is 4.98 Å². The summed E-state index contributed by atoms with van der Waals surface area (Å²) in [6.45, 7) is 3.34. The molecule has 1 fully saturated rings. The van der Waals surface area contributed by atoms with Crippen LogP contribution in [0.25, 0.3) is 0 Å². The van der Waals surface area contributed by atoms with E-state index in [2.05, 4.69) is 4.98 Å². The number of halogens is 1. The number of nitrogens with zero attached hydrogens (tertiary/aromatic N) is 2. The number of rotatable bonds is 2. The van der Waals surface area contributed by atoms with Gasteiger partial charge in [-0.1, -0.05) is 6.92 Å². The maximum absolute atomic E-state index is 12.7. The summed E-state index contributed by atoms with van der Waals surface area (Å²) in [6, 6.07) is 3.04. The lowest BCUT2D eigenvalue weighted by atomic mass is 10.0. The lowest BCUT2D eigenvalue weighted by molar-refractivity contribution is 0.0593. The number of anilines is 1. The van der Waals surface area contributed by atoms with Crippen molar-refractivity contribution in [3.8, 4) is 0 Å². The normalized spacial score (nSPS) is 25.9. The number of aliphatic hydroxyl groups is 1. The molecule has 2 heterocycles. The fraction of sp³-hybridized carbons (Fsp3) is 0.545. The van der Waals surface area contributed by atoms with Crippen molar-refractivity contribution in [3.63, 3.8) is 0 Å². The summed E-state index contributed by atoms with van der Waals surface area (Å²) in [5, 5.41) is 10.0. The predicted octanol–water partition coefficient (Wildman–Crippen LogP) is 1.57. The molecule has 1 aromatic rings. The van der Waals surface area contributed by atoms with E-state index < -0.39 is 5.60 Å². The van der Waals surface area contributed by atoms with Crippen molar-refractivity contribution in [2.75, 3.05) is 18.0 Å². The molecule has 1 aliphatic heterocycles. The van der Waals surface area contributed by atoms with Crippen LogP contribution >= 0.6 is 0 Å². The monoisotopic (exact) mass is 210 g/mol. The smallest absolute Gasteiger partial charge is 0.141 e. The molecule has 2 rings (SSSR count). The Hall–Kier alpha value is -1.16. The van der Waals surface area contributed by atoms with E-state index in [-0.39, 0.29) is 5.82 Å². The van der Waals surface area contributed by atoms with Crippen LogP contribution < -0.4 is 4.90 Å². The largest absolute Gasteiger partial charge is 0.388 e. The Morgan fingerprint density at radius 2 is 2.40 bits per heavy atom. The van der Waals surface area contributed by atoms with E-state index in [0.717, 1.165) is 25.2 Å². The number of hydrogen-bond donors (Lipinski definition) is 1. The highest BCUT2D eigenvalue weighted by Crippen LogP contribution is 2.27. The fourth-order valence-corrected chi connectivity index (χ4v) is 1.90. The molecule has 1 aromatic heterocycles. The van der Waals surface area contributed by atoms with Gasteiger partial charge in [-0.05, 0) is 25.0 Å². The third-order valence-electron chi connectivity index (χ3n) is 3.03. The summed E-state index contributed by atoms with van der Waals surface area (Å²) >= 11 is 0. The van der Waals surface area contributed by atoms with Gasteiger partial charge in [-0.25, -0.2) is 9.37 Å². The molecule has 1 aliphatic rings. The van der Waals surface area contributed by atoms with Crippen LogP contribution in [0, 0.1) is 5.82 Å². The maximum Gasteiger partial charge on any atom is 0.141 e. The van der Waals surface area contributed by atoms with Crippen molar-refractivity contribution >= 4 is 5.82 Å². The van der Waals surface area contributed by atoms with E-state index in [1.54, 1.807) is 6.07 Å². The molecule has 3 nitrogen and oxygen atoms in total. The summed E-state index contributed by atoms with van der Waals surface area (Å²) in [7, 11) is 0. The van der Waals surface area contributed by atoms with Crippen molar-refractivity contribution in [2.45, 2.75) is 25.4 Å². The zero-order chi connectivity index (χ0) is 10.9. The third kappa shape index (κ3) is 2.09. The minimum absolute atomic E-state index is 0.330. The van der Waals surface area contributed by atoms with Crippen molar-refractivity contribution in [3.05, 3.63) is 24.1 Å². The lowest BCUT2D eigenvalue weighted by Gasteiger charge is -2.22. The van der Waals surface area contributed by atoms with Crippen molar-refractivity contribution in [1.29, 1.82) is 0 Å². The first-order valence-electron chi connectivity index (χ1n) is 5.22. The molecule has 1 N–H and O–H groups in total. The quantitative estimate of drug-likeness (QED) is 0.805. The van der Waals surface area contributed by atoms with E-state index in [1.807, 2.05) is 11.8 Å². The average molecular weight is 210 g/mol. The van der Waals surface area contributed by atoms with Crippen molar-refractivity contribution in [2.24, 2.45) is 0 Å². The van der Waals surface area contributed by atoms with Gasteiger partial charge in [0.25, 0.3) is 0 Å². The molecule has 82 valence electrons. The van der Waals surface area contributed by atoms with E-state index in [1.165, 1.54) is 12.3 Å². The summed E-state index contributed by atoms with van der Waals surface area (Å²) in [4.78, 5) is 5.99. The number of hydrogen-bond acceptors (Lipinski definition) is 3. The molecule has 1 saturated heterocycles. The number of β-amino-alcohol motifs (C(OH)–C–C–N with tert-alkyl or cyclic N) is 1. The Bertz CT molecular complexity index is 341. The van der Waals surface area contributed by atoms with Gasteiger partial charge in [0.05, 0.1) is 11.8 Å². The van der Waals surface area contributed by atoms with Gasteiger partial charge in [0.1, 0.15) is 11.6 Å². The summed E-state index contributed by atoms with van der Waals surface area (Å²) in [6.07, 6.45) is 2.70. The topological polar surface area (TPSA) is 36.4 Å². The molecule has 15 heavy (non-hydrogen) atoms. The molecule has 0 saturated carbocycles. The van der Waals surface area contributed by atoms with Gasteiger partial charge >= 0.3 is 0 Å². The second kappa shape index (κ2) is 3.77. The SMILES string of the molecule is CC[C@]1(O)CCN(c2ccc(F)cn2)C1. The Morgan fingerprint density at radius 3 is 2.93 bits per heavy atom. The van der Waals surface area contributed by atoms with Crippen LogP contribution in [0.1, 0.15) is 19.8 Å². The van der Waals surface area contributed by atoms with Gasteiger partial charge in [0.15, 0.2) is 0 Å². The van der Waals surface area contributed by atoms with E-state index in [4.69, 9.17) is 0 Å². The predicted molar refractivity (Wildman–Crippen MR) is 56.3 cm³/mol. The lowest BCUT2D eigenvalue weighted by Crippen LogP contribution is -2.32. The molecule has 1 atom stereocenters. The van der Waals surface area contributed by atoms with Crippen LogP contribution in [-0.4, -0.2) is 28.8 Å². The second-order valence-corrected chi connectivity index (χ2v) is 4.08. The highest BCUT2D eigenvalue weighted by molar-refractivity contribution is 5.40. The molecule has 0 spiro atoms. The summed E-state index contributed by atoms with van der Waals surface area (Å²) < 4.78 is 12.7. The fourth-order valence-electron chi connectivity index (χ4n) is 1.90. The molecule has 0 unspecified atom stereocenters. The van der Waals surface area contributed by atoms with Gasteiger partial charge in [0.2, 0.25) is 0 Å². The van der Waals surface area contributed by atoms with Gasteiger partial charge in [0, 0.05) is 13.1 Å². The third-order valence-corrected chi connectivity index (χ3v) is 3.03. The molecule has 0 amide bonds. The van der Waals surface area contributed by atoms with Gasteiger partial charge in [-0.3, -0.25) is 0 Å². The van der Waals surface area contributed by atoms with E-state index >= 15 is 0 Å². The minimum Gasteiger partial charge on any atom is -0.388 e. The minimum atomic E-state index is -0.601. The van der Waals surface area contributed by atoms with E-state index in [0.29, 0.717) is 6.54 Å². The number of aromatic nitrogens is 1. The van der Waals surface area contributed by atoms with Gasteiger partial charge in [-0.15, -0.1) is 0 Å².